The van der Waals surface area contributed by atoms with E-state index in [2.05, 4.69) is 31.3 Å². The molecule has 0 saturated heterocycles. The molecule has 6 nitrogen and oxygen atoms in total. The second-order valence-corrected chi connectivity index (χ2v) is 17.5. The smallest absolute Gasteiger partial charge is 0.305 e. The molecule has 0 aromatic carbocycles. The molecular weight excluding hydrogens is 707 g/mol. The zero-order valence-corrected chi connectivity index (χ0v) is 38.3. The summed E-state index contributed by atoms with van der Waals surface area (Å²) in [4.78, 5) is 24.4. The van der Waals surface area contributed by atoms with Gasteiger partial charge >= 0.3 is 5.97 Å². The average Bonchev–Trinajstić information content (AvgIpc) is 3.21. The van der Waals surface area contributed by atoms with Crippen molar-refractivity contribution in [2.75, 3.05) is 13.2 Å². The number of ether oxygens (including phenoxy) is 1. The Morgan fingerprint density at radius 3 is 1.25 bits per heavy atom. The molecule has 1 amide bonds. The highest BCUT2D eigenvalue weighted by molar-refractivity contribution is 5.76. The molecule has 3 N–H and O–H groups in total. The van der Waals surface area contributed by atoms with E-state index in [1.807, 2.05) is 0 Å². The molecule has 0 radical (unpaired) electrons. The Labute approximate surface area is 355 Å². The molecule has 0 fully saturated rings. The summed E-state index contributed by atoms with van der Waals surface area (Å²) in [5, 5.41) is 23.1. The molecule has 6 heteroatoms. The maximum Gasteiger partial charge on any atom is 0.305 e. The Balaban J connectivity index is 3.41. The van der Waals surface area contributed by atoms with Crippen LogP contribution in [-0.4, -0.2) is 47.4 Å². The molecule has 0 aromatic rings. The van der Waals surface area contributed by atoms with Crippen molar-refractivity contribution < 1.29 is 24.5 Å². The lowest BCUT2D eigenvalue weighted by molar-refractivity contribution is -0.143. The first kappa shape index (κ1) is 55.6. The molecule has 0 rings (SSSR count). The highest BCUT2D eigenvalue weighted by Gasteiger charge is 2.20. The van der Waals surface area contributed by atoms with Crippen LogP contribution in [0.15, 0.2) is 12.2 Å². The molecule has 0 aromatic heterocycles. The van der Waals surface area contributed by atoms with Crippen molar-refractivity contribution in [1.29, 1.82) is 0 Å². The van der Waals surface area contributed by atoms with Gasteiger partial charge in [0.1, 0.15) is 0 Å². The molecule has 0 aliphatic carbocycles. The van der Waals surface area contributed by atoms with Gasteiger partial charge in [0.2, 0.25) is 5.91 Å². The minimum Gasteiger partial charge on any atom is -0.466 e. The van der Waals surface area contributed by atoms with Gasteiger partial charge in [0.15, 0.2) is 0 Å². The summed E-state index contributed by atoms with van der Waals surface area (Å²) < 4.78 is 5.46. The predicted molar refractivity (Wildman–Crippen MR) is 246 cm³/mol. The molecule has 2 atom stereocenters. The van der Waals surface area contributed by atoms with Crippen molar-refractivity contribution in [3.63, 3.8) is 0 Å². The van der Waals surface area contributed by atoms with Gasteiger partial charge in [-0.05, 0) is 51.4 Å². The zero-order chi connectivity index (χ0) is 41.5. The van der Waals surface area contributed by atoms with Crippen LogP contribution in [0.1, 0.15) is 277 Å². The van der Waals surface area contributed by atoms with Crippen LogP contribution in [0.4, 0.5) is 0 Å². The standard InChI is InChI=1S/C51H99NO5/c1-3-5-7-9-11-13-15-16-17-18-22-25-29-33-37-41-45-51(56)57-46-42-38-34-30-26-23-20-19-21-24-28-32-36-40-44-50(55)52-48(47-53)49(54)43-39-35-31-27-14-12-10-8-6-4-2/h17-18,48-49,53-54H,3-16,19-47H2,1-2H3,(H,52,55)/b18-17-. The number of nitrogens with one attached hydrogen (secondary N) is 1. The van der Waals surface area contributed by atoms with Gasteiger partial charge in [-0.3, -0.25) is 9.59 Å². The number of carbonyl (C=O) groups excluding carboxylic acids is 2. The zero-order valence-electron chi connectivity index (χ0n) is 38.3. The van der Waals surface area contributed by atoms with Gasteiger partial charge in [0, 0.05) is 12.8 Å². The second-order valence-electron chi connectivity index (χ2n) is 17.5. The lowest BCUT2D eigenvalue weighted by Gasteiger charge is -2.22. The van der Waals surface area contributed by atoms with E-state index in [4.69, 9.17) is 4.74 Å². The van der Waals surface area contributed by atoms with Crippen LogP contribution in [0.25, 0.3) is 0 Å². The summed E-state index contributed by atoms with van der Waals surface area (Å²) in [5.41, 5.74) is 0. The lowest BCUT2D eigenvalue weighted by Crippen LogP contribution is -2.45. The summed E-state index contributed by atoms with van der Waals surface area (Å²) in [7, 11) is 0. The number of amides is 1. The Morgan fingerprint density at radius 2 is 0.825 bits per heavy atom. The average molecular weight is 806 g/mol. The summed E-state index contributed by atoms with van der Waals surface area (Å²) in [6.07, 6.45) is 53.2. The molecule has 0 aliphatic heterocycles. The Kier molecular flexibility index (Phi) is 46.1. The highest BCUT2D eigenvalue weighted by atomic mass is 16.5. The SMILES string of the molecule is CCCCCCCCC/C=C\CCCCCCCC(=O)OCCCCCCCCCCCCCCCCC(=O)NC(CO)C(O)CCCCCCCCCCCC. The second kappa shape index (κ2) is 47.3. The quantitative estimate of drug-likeness (QED) is 0.0323. The van der Waals surface area contributed by atoms with E-state index in [0.717, 1.165) is 51.4 Å². The number of aliphatic hydroxyl groups is 2. The fraction of sp³-hybridized carbons (Fsp3) is 0.922. The van der Waals surface area contributed by atoms with Crippen molar-refractivity contribution in [1.82, 2.24) is 5.32 Å². The van der Waals surface area contributed by atoms with Crippen LogP contribution in [0.3, 0.4) is 0 Å². The fourth-order valence-electron chi connectivity index (χ4n) is 7.87. The highest BCUT2D eigenvalue weighted by Crippen LogP contribution is 2.16. The lowest BCUT2D eigenvalue weighted by atomic mass is 10.0. The number of esters is 1. The van der Waals surface area contributed by atoms with Gasteiger partial charge in [0.25, 0.3) is 0 Å². The third-order valence-electron chi connectivity index (χ3n) is 11.8. The van der Waals surface area contributed by atoms with Gasteiger partial charge in [-0.2, -0.15) is 0 Å². The maximum atomic E-state index is 12.4. The Hall–Kier alpha value is -1.40. The van der Waals surface area contributed by atoms with Crippen LogP contribution in [0.2, 0.25) is 0 Å². The van der Waals surface area contributed by atoms with Crippen molar-refractivity contribution in [3.05, 3.63) is 12.2 Å². The van der Waals surface area contributed by atoms with E-state index >= 15 is 0 Å². The molecule has 0 spiro atoms. The van der Waals surface area contributed by atoms with E-state index in [9.17, 15) is 19.8 Å². The fourth-order valence-corrected chi connectivity index (χ4v) is 7.87. The molecule has 0 saturated carbocycles. The van der Waals surface area contributed by atoms with Crippen LogP contribution in [0.5, 0.6) is 0 Å². The number of hydrogen-bond acceptors (Lipinski definition) is 5. The number of allylic oxidation sites excluding steroid dienone is 2. The van der Waals surface area contributed by atoms with E-state index in [1.165, 1.54) is 193 Å². The van der Waals surface area contributed by atoms with Crippen molar-refractivity contribution >= 4 is 11.9 Å². The molecule has 2 unspecified atom stereocenters. The number of carbonyl (C=O) groups is 2. The molecular formula is C51H99NO5. The van der Waals surface area contributed by atoms with Crippen LogP contribution in [0, 0.1) is 0 Å². The minimum absolute atomic E-state index is 0.00967. The number of unbranched alkanes of at least 4 members (excludes halogenated alkanes) is 34. The molecule has 0 bridgehead atoms. The number of rotatable bonds is 47. The summed E-state index contributed by atoms with van der Waals surface area (Å²) in [6, 6.07) is -0.547. The monoisotopic (exact) mass is 806 g/mol. The predicted octanol–water partition coefficient (Wildman–Crippen LogP) is 15.0. The molecule has 0 heterocycles. The first-order valence-electron chi connectivity index (χ1n) is 25.4. The minimum atomic E-state index is -0.669. The summed E-state index contributed by atoms with van der Waals surface area (Å²) in [5.74, 6) is -0.0568. The van der Waals surface area contributed by atoms with Gasteiger partial charge in [0.05, 0.1) is 25.4 Å². The summed E-state index contributed by atoms with van der Waals surface area (Å²) >= 11 is 0. The van der Waals surface area contributed by atoms with E-state index < -0.39 is 12.1 Å². The maximum absolute atomic E-state index is 12.4. The van der Waals surface area contributed by atoms with E-state index in [0.29, 0.717) is 25.9 Å². The number of hydrogen-bond donors (Lipinski definition) is 3. The normalized spacial score (nSPS) is 12.7. The first-order valence-corrected chi connectivity index (χ1v) is 25.4. The third kappa shape index (κ3) is 44.0. The van der Waals surface area contributed by atoms with Crippen LogP contribution < -0.4 is 5.32 Å². The van der Waals surface area contributed by atoms with Gasteiger partial charge in [-0.25, -0.2) is 0 Å². The van der Waals surface area contributed by atoms with Gasteiger partial charge in [-0.15, -0.1) is 0 Å². The topological polar surface area (TPSA) is 95.9 Å². The van der Waals surface area contributed by atoms with Crippen molar-refractivity contribution in [2.24, 2.45) is 0 Å². The Bertz CT molecular complexity index is 847. The van der Waals surface area contributed by atoms with E-state index in [-0.39, 0.29) is 18.5 Å². The van der Waals surface area contributed by atoms with Gasteiger partial charge < -0.3 is 20.3 Å². The largest absolute Gasteiger partial charge is 0.466 e. The van der Waals surface area contributed by atoms with Crippen molar-refractivity contribution in [3.8, 4) is 0 Å². The molecule has 0 aliphatic rings. The summed E-state index contributed by atoms with van der Waals surface area (Å²) in [6.45, 7) is 4.91. The van der Waals surface area contributed by atoms with E-state index in [1.54, 1.807) is 0 Å². The molecule has 338 valence electrons. The number of aliphatic hydroxyl groups excluding tert-OH is 2. The Morgan fingerprint density at radius 1 is 0.474 bits per heavy atom. The van der Waals surface area contributed by atoms with Crippen molar-refractivity contribution in [2.45, 2.75) is 289 Å². The van der Waals surface area contributed by atoms with Crippen LogP contribution in [-0.2, 0) is 14.3 Å². The third-order valence-corrected chi connectivity index (χ3v) is 11.8. The van der Waals surface area contributed by atoms with Gasteiger partial charge in [-0.1, -0.05) is 225 Å². The first-order chi connectivity index (χ1) is 28.0. The van der Waals surface area contributed by atoms with Crippen LogP contribution >= 0.6 is 0 Å². The molecule has 57 heavy (non-hydrogen) atoms.